The first-order chi connectivity index (χ1) is 9.50. The van der Waals surface area contributed by atoms with Gasteiger partial charge in [0, 0.05) is 39.9 Å². The lowest BCUT2D eigenvalue weighted by molar-refractivity contribution is -0.149. The lowest BCUT2D eigenvalue weighted by atomic mass is 9.79. The smallest absolute Gasteiger partial charge is 0.242 e. The van der Waals surface area contributed by atoms with Crippen LogP contribution in [0.15, 0.2) is 0 Å². The molecule has 0 saturated carbocycles. The fourth-order valence-corrected chi connectivity index (χ4v) is 2.62. The molecule has 1 aliphatic heterocycles. The van der Waals surface area contributed by atoms with E-state index >= 15 is 0 Å². The van der Waals surface area contributed by atoms with Gasteiger partial charge in [-0.05, 0) is 26.7 Å². The Morgan fingerprint density at radius 3 is 2.20 bits per heavy atom. The van der Waals surface area contributed by atoms with E-state index in [1.807, 2.05) is 13.8 Å². The largest absolute Gasteiger partial charge is 0.381 e. The molecule has 0 aromatic carbocycles. The second-order valence-electron chi connectivity index (χ2n) is 5.32. The highest BCUT2D eigenvalue weighted by Crippen LogP contribution is 2.31. The number of likely N-dealkylation sites (N-methyl/N-ethyl adjacent to an activating group) is 2. The molecule has 116 valence electrons. The van der Waals surface area contributed by atoms with Crippen LogP contribution in [-0.4, -0.2) is 68.1 Å². The third kappa shape index (κ3) is 3.70. The number of hydrogen-bond acceptors (Lipinski definition) is 4. The molecule has 0 spiro atoms. The molecule has 0 bridgehead atoms. The highest BCUT2D eigenvalue weighted by Gasteiger charge is 2.40. The van der Waals surface area contributed by atoms with Crippen LogP contribution in [-0.2, 0) is 14.3 Å². The van der Waals surface area contributed by atoms with E-state index in [0.717, 1.165) is 0 Å². The molecule has 0 unspecified atom stereocenters. The van der Waals surface area contributed by atoms with Crippen molar-refractivity contribution in [3.63, 3.8) is 0 Å². The topological polar surface area (TPSA) is 75.9 Å². The van der Waals surface area contributed by atoms with E-state index in [1.165, 1.54) is 4.90 Å². The number of amides is 2. The molecule has 2 amide bonds. The summed E-state index contributed by atoms with van der Waals surface area (Å²) in [7, 11) is 1.68. The van der Waals surface area contributed by atoms with Gasteiger partial charge in [0.05, 0.1) is 12.0 Å². The van der Waals surface area contributed by atoms with E-state index < -0.39 is 5.41 Å². The molecule has 20 heavy (non-hydrogen) atoms. The molecule has 1 fully saturated rings. The van der Waals surface area contributed by atoms with Crippen molar-refractivity contribution in [1.29, 1.82) is 0 Å². The van der Waals surface area contributed by atoms with E-state index in [1.54, 1.807) is 11.9 Å². The molecule has 6 nitrogen and oxygen atoms in total. The summed E-state index contributed by atoms with van der Waals surface area (Å²) in [5, 5.41) is 0. The van der Waals surface area contributed by atoms with Crippen molar-refractivity contribution in [2.45, 2.75) is 26.7 Å². The van der Waals surface area contributed by atoms with Gasteiger partial charge in [-0.2, -0.15) is 0 Å². The van der Waals surface area contributed by atoms with E-state index in [2.05, 4.69) is 0 Å². The summed E-state index contributed by atoms with van der Waals surface area (Å²) in [6.07, 6.45) is 1.26. The second-order valence-corrected chi connectivity index (χ2v) is 5.32. The molecule has 0 aromatic heterocycles. The first-order valence-electron chi connectivity index (χ1n) is 7.32. The van der Waals surface area contributed by atoms with E-state index in [4.69, 9.17) is 10.5 Å². The summed E-state index contributed by atoms with van der Waals surface area (Å²) < 4.78 is 5.31. The van der Waals surface area contributed by atoms with Gasteiger partial charge in [-0.15, -0.1) is 0 Å². The van der Waals surface area contributed by atoms with Crippen molar-refractivity contribution in [2.24, 2.45) is 11.1 Å². The first kappa shape index (κ1) is 16.9. The van der Waals surface area contributed by atoms with Crippen LogP contribution < -0.4 is 5.73 Å². The molecule has 6 heteroatoms. The predicted octanol–water partition coefficient (Wildman–Crippen LogP) is 0.0687. The Labute approximate surface area is 121 Å². The number of rotatable bonds is 6. The van der Waals surface area contributed by atoms with Crippen molar-refractivity contribution >= 4 is 11.8 Å². The number of carbonyl (C=O) groups excluding carboxylic acids is 2. The number of carbonyl (C=O) groups is 2. The minimum Gasteiger partial charge on any atom is -0.381 e. The molecule has 2 N–H and O–H groups in total. The van der Waals surface area contributed by atoms with Crippen LogP contribution in [0.5, 0.6) is 0 Å². The summed E-state index contributed by atoms with van der Waals surface area (Å²) in [6, 6.07) is 0. The normalized spacial score (nSPS) is 17.6. The van der Waals surface area contributed by atoms with E-state index in [-0.39, 0.29) is 18.4 Å². The highest BCUT2D eigenvalue weighted by molar-refractivity contribution is 5.88. The van der Waals surface area contributed by atoms with E-state index in [9.17, 15) is 9.59 Å². The zero-order valence-electron chi connectivity index (χ0n) is 12.9. The van der Waals surface area contributed by atoms with Gasteiger partial charge in [0.2, 0.25) is 11.8 Å². The molecule has 0 aromatic rings. The molecule has 0 radical (unpaired) electrons. The molecular formula is C14H27N3O3. The minimum absolute atomic E-state index is 0.0231. The Morgan fingerprint density at radius 2 is 1.75 bits per heavy atom. The number of ether oxygens (including phenoxy) is 1. The van der Waals surface area contributed by atoms with Crippen molar-refractivity contribution in [3.8, 4) is 0 Å². The lowest BCUT2D eigenvalue weighted by Gasteiger charge is -2.37. The van der Waals surface area contributed by atoms with Gasteiger partial charge in [-0.25, -0.2) is 0 Å². The maximum absolute atomic E-state index is 12.6. The van der Waals surface area contributed by atoms with Gasteiger partial charge in [0.25, 0.3) is 0 Å². The molecule has 0 aliphatic carbocycles. The summed E-state index contributed by atoms with van der Waals surface area (Å²) in [5.74, 6) is -0.0612. The minimum atomic E-state index is -0.559. The summed E-state index contributed by atoms with van der Waals surface area (Å²) in [5.41, 5.74) is 5.26. The zero-order chi connectivity index (χ0) is 15.2. The Hall–Kier alpha value is -1.14. The van der Waals surface area contributed by atoms with Crippen LogP contribution in [0.4, 0.5) is 0 Å². The van der Waals surface area contributed by atoms with Crippen LogP contribution in [0, 0.1) is 5.41 Å². The Bertz CT molecular complexity index is 337. The summed E-state index contributed by atoms with van der Waals surface area (Å²) in [6.45, 7) is 6.72. The molecular weight excluding hydrogens is 258 g/mol. The van der Waals surface area contributed by atoms with Crippen molar-refractivity contribution in [2.75, 3.05) is 46.4 Å². The maximum atomic E-state index is 12.6. The molecule has 0 atom stereocenters. The Morgan fingerprint density at radius 1 is 1.20 bits per heavy atom. The van der Waals surface area contributed by atoms with E-state index in [0.29, 0.717) is 45.7 Å². The molecule has 1 aliphatic rings. The lowest BCUT2D eigenvalue weighted by Crippen LogP contribution is -2.52. The Balaban J connectivity index is 2.67. The average molecular weight is 285 g/mol. The fourth-order valence-electron chi connectivity index (χ4n) is 2.62. The van der Waals surface area contributed by atoms with Crippen LogP contribution >= 0.6 is 0 Å². The molecule has 1 heterocycles. The zero-order valence-corrected chi connectivity index (χ0v) is 12.9. The van der Waals surface area contributed by atoms with Gasteiger partial charge in [-0.3, -0.25) is 9.59 Å². The maximum Gasteiger partial charge on any atom is 0.242 e. The first-order valence-corrected chi connectivity index (χ1v) is 7.32. The molecule has 1 saturated heterocycles. The molecule has 1 rings (SSSR count). The second kappa shape index (κ2) is 7.59. The van der Waals surface area contributed by atoms with Gasteiger partial charge < -0.3 is 20.3 Å². The Kier molecular flexibility index (Phi) is 6.42. The third-order valence-electron chi connectivity index (χ3n) is 4.13. The average Bonchev–Trinajstić information content (AvgIpc) is 2.48. The van der Waals surface area contributed by atoms with Gasteiger partial charge in [0.15, 0.2) is 0 Å². The quantitative estimate of drug-likeness (QED) is 0.749. The van der Waals surface area contributed by atoms with Crippen LogP contribution in [0.3, 0.4) is 0 Å². The SMILES string of the molecule is CCN(CC)C(=O)CN(C)C(=O)C1(CN)CCOCC1. The third-order valence-corrected chi connectivity index (χ3v) is 4.13. The van der Waals surface area contributed by atoms with Crippen molar-refractivity contribution < 1.29 is 14.3 Å². The van der Waals surface area contributed by atoms with Crippen LogP contribution in [0.1, 0.15) is 26.7 Å². The van der Waals surface area contributed by atoms with Crippen LogP contribution in [0.25, 0.3) is 0 Å². The fraction of sp³-hybridized carbons (Fsp3) is 0.857. The van der Waals surface area contributed by atoms with Gasteiger partial charge >= 0.3 is 0 Å². The summed E-state index contributed by atoms with van der Waals surface area (Å²) in [4.78, 5) is 27.9. The highest BCUT2D eigenvalue weighted by atomic mass is 16.5. The van der Waals surface area contributed by atoms with Crippen LogP contribution in [0.2, 0.25) is 0 Å². The standard InChI is InChI=1S/C14H27N3O3/c1-4-17(5-2)12(18)10-16(3)13(19)14(11-15)6-8-20-9-7-14/h4-11,15H2,1-3H3. The van der Waals surface area contributed by atoms with Gasteiger partial charge in [0.1, 0.15) is 0 Å². The number of hydrogen-bond donors (Lipinski definition) is 1. The monoisotopic (exact) mass is 285 g/mol. The predicted molar refractivity (Wildman–Crippen MR) is 77.1 cm³/mol. The van der Waals surface area contributed by atoms with Gasteiger partial charge in [-0.1, -0.05) is 0 Å². The van der Waals surface area contributed by atoms with Crippen molar-refractivity contribution in [3.05, 3.63) is 0 Å². The number of nitrogens with two attached hydrogens (primary N) is 1. The number of nitrogens with zero attached hydrogens (tertiary/aromatic N) is 2. The summed E-state index contributed by atoms with van der Waals surface area (Å²) >= 11 is 0. The van der Waals surface area contributed by atoms with Crippen molar-refractivity contribution in [1.82, 2.24) is 9.80 Å².